The van der Waals surface area contributed by atoms with Crippen molar-refractivity contribution >= 4 is 5.97 Å². The van der Waals surface area contributed by atoms with Gasteiger partial charge >= 0.3 is 5.97 Å². The molecule has 0 aliphatic carbocycles. The zero-order valence-corrected chi connectivity index (χ0v) is 12.6. The average Bonchev–Trinajstić information content (AvgIpc) is 2.43. The molecule has 0 aliphatic rings. The third-order valence-electron chi connectivity index (χ3n) is 3.34. The van der Waals surface area contributed by atoms with Crippen LogP contribution in [0.5, 0.6) is 0 Å². The largest absolute Gasteiger partial charge is 0.373 e. The van der Waals surface area contributed by atoms with E-state index in [4.69, 9.17) is 5.90 Å². The third-order valence-corrected chi connectivity index (χ3v) is 3.34. The van der Waals surface area contributed by atoms with E-state index in [1.807, 2.05) is 0 Å². The van der Waals surface area contributed by atoms with Gasteiger partial charge in [-0.3, -0.25) is 4.79 Å². The van der Waals surface area contributed by atoms with Crippen LogP contribution in [0.25, 0.3) is 0 Å². The van der Waals surface area contributed by atoms with Gasteiger partial charge in [0.2, 0.25) is 0 Å². The first-order valence-electron chi connectivity index (χ1n) is 7.91. The fourth-order valence-electron chi connectivity index (χ4n) is 2.11. The third kappa shape index (κ3) is 15.3. The van der Waals surface area contributed by atoms with Crippen molar-refractivity contribution in [2.24, 2.45) is 5.90 Å². The highest BCUT2D eigenvalue weighted by molar-refractivity contribution is 5.69. The van der Waals surface area contributed by atoms with Crippen LogP contribution in [0.1, 0.15) is 77.6 Å². The van der Waals surface area contributed by atoms with Crippen LogP contribution in [0.15, 0.2) is 0 Å². The summed E-state index contributed by atoms with van der Waals surface area (Å²) >= 11 is 0. The predicted octanol–water partition coefficient (Wildman–Crippen LogP) is 3.30. The molecule has 3 N–H and O–H groups in total. The molecule has 0 unspecified atom stereocenters. The summed E-state index contributed by atoms with van der Waals surface area (Å²) in [4.78, 5) is 14.8. The van der Waals surface area contributed by atoms with Gasteiger partial charge in [0.05, 0.1) is 6.42 Å². The number of nitrogens with two attached hydrogens (primary N) is 1. The minimum absolute atomic E-state index is 0.351. The molecule has 0 aromatic heterocycles. The Kier molecular flexibility index (Phi) is 15.0. The summed E-state index contributed by atoms with van der Waals surface area (Å²) in [6.45, 7) is 3.90. The highest BCUT2D eigenvalue weighted by Gasteiger charge is 1.98. The van der Waals surface area contributed by atoms with Crippen molar-refractivity contribution in [2.45, 2.75) is 77.6 Å². The summed E-state index contributed by atoms with van der Waals surface area (Å²) < 4.78 is 0. The van der Waals surface area contributed by atoms with Crippen molar-refractivity contribution in [1.29, 1.82) is 0 Å². The molecule has 0 aliphatic heterocycles. The van der Waals surface area contributed by atoms with E-state index in [1.165, 1.54) is 64.2 Å². The van der Waals surface area contributed by atoms with Gasteiger partial charge in [-0.25, -0.2) is 0 Å². The molecule has 114 valence electrons. The van der Waals surface area contributed by atoms with Gasteiger partial charge in [-0.2, -0.15) is 5.90 Å². The molecule has 4 nitrogen and oxygen atoms in total. The van der Waals surface area contributed by atoms with Crippen molar-refractivity contribution in [1.82, 2.24) is 5.32 Å². The number of carbonyl (C=O) groups excluding carboxylic acids is 1. The minimum Gasteiger partial charge on any atom is -0.373 e. The summed E-state index contributed by atoms with van der Waals surface area (Å²) in [6, 6.07) is 0. The van der Waals surface area contributed by atoms with Crippen LogP contribution in [-0.4, -0.2) is 19.1 Å². The smallest absolute Gasteiger partial charge is 0.325 e. The molecule has 0 spiro atoms. The second-order valence-corrected chi connectivity index (χ2v) is 5.17. The molecule has 0 saturated carbocycles. The lowest BCUT2D eigenvalue weighted by molar-refractivity contribution is -0.144. The fourth-order valence-corrected chi connectivity index (χ4v) is 2.11. The van der Waals surface area contributed by atoms with E-state index in [0.717, 1.165) is 6.54 Å². The highest BCUT2D eigenvalue weighted by Crippen LogP contribution is 2.10. The Bertz CT molecular complexity index is 199. The minimum atomic E-state index is -0.351. The molecule has 0 amide bonds. The number of hydrogen-bond donors (Lipinski definition) is 2. The monoisotopic (exact) mass is 272 g/mol. The molecular weight excluding hydrogens is 240 g/mol. The molecule has 4 heteroatoms. The number of carbonyl (C=O) groups is 1. The van der Waals surface area contributed by atoms with Crippen LogP contribution < -0.4 is 11.2 Å². The number of nitrogens with one attached hydrogen (secondary N) is 1. The van der Waals surface area contributed by atoms with Crippen LogP contribution >= 0.6 is 0 Å². The van der Waals surface area contributed by atoms with Crippen molar-refractivity contribution in [3.05, 3.63) is 0 Å². The van der Waals surface area contributed by atoms with Gasteiger partial charge in [0, 0.05) is 6.54 Å². The van der Waals surface area contributed by atoms with Gasteiger partial charge in [-0.05, 0) is 13.0 Å². The van der Waals surface area contributed by atoms with E-state index in [-0.39, 0.29) is 5.97 Å². The Hall–Kier alpha value is -0.610. The lowest BCUT2D eigenvalue weighted by Gasteiger charge is -2.04. The molecule has 0 atom stereocenters. The molecule has 19 heavy (non-hydrogen) atoms. The lowest BCUT2D eigenvalue weighted by atomic mass is 10.1. The Morgan fingerprint density at radius 1 is 0.895 bits per heavy atom. The van der Waals surface area contributed by atoms with Crippen LogP contribution in [-0.2, 0) is 9.63 Å². The maximum absolute atomic E-state index is 10.7. The molecule has 0 rings (SSSR count). The summed E-state index contributed by atoms with van der Waals surface area (Å²) in [7, 11) is 0. The van der Waals surface area contributed by atoms with Crippen LogP contribution in [0.2, 0.25) is 0 Å². The van der Waals surface area contributed by atoms with Crippen molar-refractivity contribution in [3.8, 4) is 0 Å². The molecular formula is C15H32N2O2. The van der Waals surface area contributed by atoms with Crippen LogP contribution in [0.4, 0.5) is 0 Å². The van der Waals surface area contributed by atoms with Gasteiger partial charge in [-0.15, -0.1) is 0 Å². The SMILES string of the molecule is CCCCCCCCCCCCNCCC(=O)ON. The van der Waals surface area contributed by atoms with E-state index in [9.17, 15) is 4.79 Å². The fraction of sp³-hybridized carbons (Fsp3) is 0.933. The van der Waals surface area contributed by atoms with Crippen molar-refractivity contribution < 1.29 is 9.63 Å². The van der Waals surface area contributed by atoms with Gasteiger partial charge in [0.25, 0.3) is 0 Å². The summed E-state index contributed by atoms with van der Waals surface area (Å²) in [5.41, 5.74) is 0. The van der Waals surface area contributed by atoms with Crippen molar-refractivity contribution in [3.63, 3.8) is 0 Å². The highest BCUT2D eigenvalue weighted by atomic mass is 16.7. The molecule has 0 fully saturated rings. The second kappa shape index (κ2) is 15.4. The summed E-state index contributed by atoms with van der Waals surface area (Å²) in [5, 5.41) is 3.22. The zero-order valence-electron chi connectivity index (χ0n) is 12.6. The Labute approximate surface area is 118 Å². The van der Waals surface area contributed by atoms with E-state index >= 15 is 0 Å². The molecule has 0 radical (unpaired) electrons. The van der Waals surface area contributed by atoms with E-state index in [0.29, 0.717) is 13.0 Å². The van der Waals surface area contributed by atoms with Crippen LogP contribution in [0.3, 0.4) is 0 Å². The quantitative estimate of drug-likeness (QED) is 0.376. The summed E-state index contributed by atoms with van der Waals surface area (Å²) in [5.74, 6) is 4.39. The number of rotatable bonds is 14. The molecule has 0 bridgehead atoms. The molecule has 0 heterocycles. The topological polar surface area (TPSA) is 64.3 Å². The van der Waals surface area contributed by atoms with Gasteiger partial charge in [0.15, 0.2) is 0 Å². The Balaban J connectivity index is 2.97. The van der Waals surface area contributed by atoms with E-state index in [2.05, 4.69) is 17.1 Å². The zero-order chi connectivity index (χ0) is 14.2. The first-order valence-corrected chi connectivity index (χ1v) is 7.91. The van der Waals surface area contributed by atoms with E-state index in [1.54, 1.807) is 0 Å². The van der Waals surface area contributed by atoms with E-state index < -0.39 is 0 Å². The number of unbranched alkanes of at least 4 members (excludes halogenated alkanes) is 9. The maximum Gasteiger partial charge on any atom is 0.325 e. The molecule has 0 saturated heterocycles. The standard InChI is InChI=1S/C15H32N2O2/c1-2-3-4-5-6-7-8-9-10-11-13-17-14-12-15(18)19-16/h17H,2-14,16H2,1H3. The second-order valence-electron chi connectivity index (χ2n) is 5.17. The predicted molar refractivity (Wildman–Crippen MR) is 79.6 cm³/mol. The van der Waals surface area contributed by atoms with Gasteiger partial charge in [-0.1, -0.05) is 64.7 Å². The first-order chi connectivity index (χ1) is 9.31. The Morgan fingerprint density at radius 2 is 1.42 bits per heavy atom. The molecule has 0 aromatic carbocycles. The lowest BCUT2D eigenvalue weighted by Crippen LogP contribution is -2.21. The van der Waals surface area contributed by atoms with Gasteiger partial charge < -0.3 is 10.2 Å². The first kappa shape index (κ1) is 18.4. The summed E-state index contributed by atoms with van der Waals surface area (Å²) in [6.07, 6.45) is 13.9. The van der Waals surface area contributed by atoms with Crippen molar-refractivity contribution in [2.75, 3.05) is 13.1 Å². The Morgan fingerprint density at radius 3 is 1.95 bits per heavy atom. The maximum atomic E-state index is 10.7. The van der Waals surface area contributed by atoms with Gasteiger partial charge in [0.1, 0.15) is 0 Å². The average molecular weight is 272 g/mol. The molecule has 0 aromatic rings. The number of hydrogen-bond acceptors (Lipinski definition) is 4. The normalized spacial score (nSPS) is 10.6. The van der Waals surface area contributed by atoms with Crippen LogP contribution in [0, 0.1) is 0 Å².